The van der Waals surface area contributed by atoms with Crippen LogP contribution in [0.1, 0.15) is 4.88 Å². The predicted molar refractivity (Wildman–Crippen MR) is 73.6 cm³/mol. The first kappa shape index (κ1) is 14.0. The van der Waals surface area contributed by atoms with Crippen LogP contribution in [0.15, 0.2) is 16.3 Å². The number of hydrogen-bond acceptors (Lipinski definition) is 5. The van der Waals surface area contributed by atoms with Gasteiger partial charge in [-0.3, -0.25) is 4.90 Å². The van der Waals surface area contributed by atoms with Gasteiger partial charge in [-0.05, 0) is 19.1 Å². The molecule has 1 aliphatic rings. The topological polar surface area (TPSA) is 61.4 Å². The summed E-state index contributed by atoms with van der Waals surface area (Å²) in [6.45, 7) is 7.09. The minimum atomic E-state index is -3.31. The van der Waals surface area contributed by atoms with E-state index in [-0.39, 0.29) is 0 Å². The molecule has 0 amide bonds. The fourth-order valence-corrected chi connectivity index (χ4v) is 4.25. The van der Waals surface area contributed by atoms with Gasteiger partial charge < -0.3 is 5.32 Å². The SMILES string of the molecule is Cc1ccc(S(=O)(=O)NCCN2CCNCC2)s1. The summed E-state index contributed by atoms with van der Waals surface area (Å²) in [6, 6.07) is 3.49. The van der Waals surface area contributed by atoms with Crippen molar-refractivity contribution in [1.82, 2.24) is 14.9 Å². The van der Waals surface area contributed by atoms with Gasteiger partial charge in [-0.25, -0.2) is 13.1 Å². The van der Waals surface area contributed by atoms with Crippen molar-refractivity contribution in [2.24, 2.45) is 0 Å². The summed E-state index contributed by atoms with van der Waals surface area (Å²) in [4.78, 5) is 3.27. The molecule has 5 nitrogen and oxygen atoms in total. The Bertz CT molecular complexity index is 478. The fraction of sp³-hybridized carbons (Fsp3) is 0.636. The molecule has 0 aromatic carbocycles. The Balaban J connectivity index is 1.82. The second kappa shape index (κ2) is 6.12. The van der Waals surface area contributed by atoms with E-state index in [0.29, 0.717) is 10.8 Å². The molecular formula is C11H19N3O2S2. The fourth-order valence-electron chi connectivity index (χ4n) is 1.90. The van der Waals surface area contributed by atoms with Crippen molar-refractivity contribution in [3.63, 3.8) is 0 Å². The molecule has 0 saturated carbocycles. The Hall–Kier alpha value is -0.470. The van der Waals surface area contributed by atoms with Crippen LogP contribution >= 0.6 is 11.3 Å². The zero-order chi connectivity index (χ0) is 13.0. The van der Waals surface area contributed by atoms with Gasteiger partial charge in [-0.15, -0.1) is 11.3 Å². The van der Waals surface area contributed by atoms with Crippen LogP contribution in [0.2, 0.25) is 0 Å². The zero-order valence-electron chi connectivity index (χ0n) is 10.5. The Morgan fingerprint density at radius 2 is 2.11 bits per heavy atom. The quantitative estimate of drug-likeness (QED) is 0.815. The maximum atomic E-state index is 12.0. The molecule has 1 fully saturated rings. The van der Waals surface area contributed by atoms with E-state index in [9.17, 15) is 8.42 Å². The molecule has 0 aliphatic carbocycles. The van der Waals surface area contributed by atoms with E-state index in [1.807, 2.05) is 13.0 Å². The lowest BCUT2D eigenvalue weighted by Gasteiger charge is -2.26. The first-order valence-electron chi connectivity index (χ1n) is 6.07. The highest BCUT2D eigenvalue weighted by Crippen LogP contribution is 2.19. The lowest BCUT2D eigenvalue weighted by Crippen LogP contribution is -2.46. The third-order valence-electron chi connectivity index (χ3n) is 2.91. The maximum absolute atomic E-state index is 12.0. The predicted octanol–water partition coefficient (Wildman–Crippen LogP) is 0.240. The highest BCUT2D eigenvalue weighted by molar-refractivity contribution is 7.91. The van der Waals surface area contributed by atoms with Gasteiger partial charge in [0.15, 0.2) is 0 Å². The standard InChI is InChI=1S/C11H19N3O2S2/c1-10-2-3-11(17-10)18(15,16)13-6-9-14-7-4-12-5-8-14/h2-3,12-13H,4-9H2,1H3. The minimum Gasteiger partial charge on any atom is -0.314 e. The van der Waals surface area contributed by atoms with Crippen LogP contribution < -0.4 is 10.0 Å². The third kappa shape index (κ3) is 3.76. The first-order valence-corrected chi connectivity index (χ1v) is 8.37. The number of piperazine rings is 1. The van der Waals surface area contributed by atoms with Crippen LogP contribution in [0.25, 0.3) is 0 Å². The van der Waals surface area contributed by atoms with E-state index in [1.165, 1.54) is 11.3 Å². The lowest BCUT2D eigenvalue weighted by molar-refractivity contribution is 0.245. The highest BCUT2D eigenvalue weighted by atomic mass is 32.2. The molecule has 18 heavy (non-hydrogen) atoms. The molecular weight excluding hydrogens is 270 g/mol. The highest BCUT2D eigenvalue weighted by Gasteiger charge is 2.16. The van der Waals surface area contributed by atoms with Gasteiger partial charge in [0.05, 0.1) is 0 Å². The summed E-state index contributed by atoms with van der Waals surface area (Å²) < 4.78 is 27.0. The van der Waals surface area contributed by atoms with Gasteiger partial charge in [-0.1, -0.05) is 0 Å². The number of aryl methyl sites for hydroxylation is 1. The summed E-state index contributed by atoms with van der Waals surface area (Å²) in [5.41, 5.74) is 0. The molecule has 2 N–H and O–H groups in total. The van der Waals surface area contributed by atoms with E-state index in [2.05, 4.69) is 14.9 Å². The molecule has 0 radical (unpaired) electrons. The summed E-state index contributed by atoms with van der Waals surface area (Å²) >= 11 is 1.31. The molecule has 1 aliphatic heterocycles. The summed E-state index contributed by atoms with van der Waals surface area (Å²) in [7, 11) is -3.31. The van der Waals surface area contributed by atoms with Gasteiger partial charge >= 0.3 is 0 Å². The summed E-state index contributed by atoms with van der Waals surface area (Å²) in [5.74, 6) is 0. The van der Waals surface area contributed by atoms with Crippen molar-refractivity contribution in [1.29, 1.82) is 0 Å². The number of rotatable bonds is 5. The number of thiophene rings is 1. The minimum absolute atomic E-state index is 0.403. The number of nitrogens with zero attached hydrogens (tertiary/aromatic N) is 1. The van der Waals surface area contributed by atoms with Crippen molar-refractivity contribution < 1.29 is 8.42 Å². The van der Waals surface area contributed by atoms with Crippen LogP contribution in [-0.2, 0) is 10.0 Å². The van der Waals surface area contributed by atoms with Crippen molar-refractivity contribution in [3.05, 3.63) is 17.0 Å². The van der Waals surface area contributed by atoms with Crippen molar-refractivity contribution in [2.45, 2.75) is 11.1 Å². The van der Waals surface area contributed by atoms with Crippen LogP contribution in [-0.4, -0.2) is 52.6 Å². The number of nitrogens with one attached hydrogen (secondary N) is 2. The summed E-state index contributed by atoms with van der Waals surface area (Å²) in [6.07, 6.45) is 0. The van der Waals surface area contributed by atoms with E-state index < -0.39 is 10.0 Å². The average molecular weight is 289 g/mol. The first-order chi connectivity index (χ1) is 8.58. The average Bonchev–Trinajstić information content (AvgIpc) is 2.78. The zero-order valence-corrected chi connectivity index (χ0v) is 12.1. The number of hydrogen-bond donors (Lipinski definition) is 2. The Morgan fingerprint density at radius 3 is 2.72 bits per heavy atom. The molecule has 0 unspecified atom stereocenters. The Labute approximate surface area is 112 Å². The number of sulfonamides is 1. The monoisotopic (exact) mass is 289 g/mol. The van der Waals surface area contributed by atoms with E-state index in [0.717, 1.165) is 37.6 Å². The van der Waals surface area contributed by atoms with Gasteiger partial charge in [0.1, 0.15) is 4.21 Å². The molecule has 0 bridgehead atoms. The third-order valence-corrected chi connectivity index (χ3v) is 5.86. The molecule has 2 rings (SSSR count). The molecule has 2 heterocycles. The molecule has 0 spiro atoms. The second-order valence-electron chi connectivity index (χ2n) is 4.35. The van der Waals surface area contributed by atoms with Crippen molar-refractivity contribution in [3.8, 4) is 0 Å². The Morgan fingerprint density at radius 1 is 1.39 bits per heavy atom. The van der Waals surface area contributed by atoms with Crippen LogP contribution in [0.3, 0.4) is 0 Å². The van der Waals surface area contributed by atoms with E-state index in [4.69, 9.17) is 0 Å². The van der Waals surface area contributed by atoms with Crippen LogP contribution in [0.4, 0.5) is 0 Å². The lowest BCUT2D eigenvalue weighted by atomic mass is 10.3. The maximum Gasteiger partial charge on any atom is 0.250 e. The normalized spacial score (nSPS) is 18.1. The Kier molecular flexibility index (Phi) is 4.74. The molecule has 1 aromatic rings. The molecule has 1 aromatic heterocycles. The van der Waals surface area contributed by atoms with Gasteiger partial charge in [0, 0.05) is 44.1 Å². The van der Waals surface area contributed by atoms with Gasteiger partial charge in [-0.2, -0.15) is 0 Å². The van der Waals surface area contributed by atoms with Gasteiger partial charge in [0.2, 0.25) is 10.0 Å². The van der Waals surface area contributed by atoms with Crippen LogP contribution in [0.5, 0.6) is 0 Å². The molecule has 1 saturated heterocycles. The molecule has 102 valence electrons. The molecule has 0 atom stereocenters. The smallest absolute Gasteiger partial charge is 0.250 e. The summed E-state index contributed by atoms with van der Waals surface area (Å²) in [5, 5.41) is 3.27. The van der Waals surface area contributed by atoms with Crippen molar-refractivity contribution >= 4 is 21.4 Å². The largest absolute Gasteiger partial charge is 0.314 e. The molecule has 7 heteroatoms. The van der Waals surface area contributed by atoms with Crippen LogP contribution in [0, 0.1) is 6.92 Å². The van der Waals surface area contributed by atoms with Crippen molar-refractivity contribution in [2.75, 3.05) is 39.3 Å². The van der Waals surface area contributed by atoms with E-state index >= 15 is 0 Å². The second-order valence-corrected chi connectivity index (χ2v) is 7.64. The van der Waals surface area contributed by atoms with E-state index in [1.54, 1.807) is 6.07 Å². The van der Waals surface area contributed by atoms with Gasteiger partial charge in [0.25, 0.3) is 0 Å².